The summed E-state index contributed by atoms with van der Waals surface area (Å²) in [6.07, 6.45) is 8.67. The monoisotopic (exact) mass is 522 g/mol. The zero-order valence-corrected chi connectivity index (χ0v) is 22.9. The molecule has 1 aromatic heterocycles. The van der Waals surface area contributed by atoms with Gasteiger partial charge in [0.2, 0.25) is 5.91 Å². The highest BCUT2D eigenvalue weighted by molar-refractivity contribution is 7.12. The van der Waals surface area contributed by atoms with Gasteiger partial charge in [0.25, 0.3) is 5.91 Å². The van der Waals surface area contributed by atoms with Crippen molar-refractivity contribution >= 4 is 23.2 Å². The number of nitrogens with one attached hydrogen (secondary N) is 1. The quantitative estimate of drug-likeness (QED) is 0.506. The van der Waals surface area contributed by atoms with Crippen molar-refractivity contribution in [3.8, 4) is 0 Å². The maximum Gasteiger partial charge on any atom is 0.264 e. The smallest absolute Gasteiger partial charge is 0.264 e. The average Bonchev–Trinajstić information content (AvgIpc) is 3.62. The van der Waals surface area contributed by atoms with Crippen LogP contribution in [0.25, 0.3) is 0 Å². The van der Waals surface area contributed by atoms with E-state index in [4.69, 9.17) is 5.73 Å². The molecule has 1 aliphatic heterocycles. The molecule has 2 aromatic rings. The van der Waals surface area contributed by atoms with Crippen LogP contribution in [0.3, 0.4) is 0 Å². The molecule has 1 aromatic carbocycles. The third-order valence-corrected chi connectivity index (χ3v) is 9.49. The van der Waals surface area contributed by atoms with Gasteiger partial charge < -0.3 is 16.0 Å². The summed E-state index contributed by atoms with van der Waals surface area (Å²) in [5.41, 5.74) is 8.53. The molecular formula is C30H42N4O2S. The van der Waals surface area contributed by atoms with Crippen molar-refractivity contribution < 1.29 is 9.59 Å². The molecule has 2 aliphatic carbocycles. The van der Waals surface area contributed by atoms with Crippen LogP contribution in [0.5, 0.6) is 0 Å². The standard InChI is InChI=1S/C30H42N4O2S/c1-21-7-9-22(10-8-21)20-34(25-11-12-25)26-13-14-33(30(36)28-6-3-15-37-28)27(17-26)29(35)32-19-24-5-2-4-23(16-24)18-31/h3,6-10,15,23-27H,2,4-5,11-14,16-20,31H2,1H3,(H,32,35)/t23?,24?,26?,27-/m1/s1. The van der Waals surface area contributed by atoms with Crippen LogP contribution in [0.2, 0.25) is 0 Å². The summed E-state index contributed by atoms with van der Waals surface area (Å²) in [6.45, 7) is 5.07. The molecule has 2 saturated carbocycles. The number of hydrogen-bond acceptors (Lipinski definition) is 5. The highest BCUT2D eigenvalue weighted by Gasteiger charge is 2.42. The number of carbonyl (C=O) groups excluding carboxylic acids is 2. The zero-order valence-electron chi connectivity index (χ0n) is 22.1. The third-order valence-electron chi connectivity index (χ3n) is 8.63. The molecule has 4 atom stereocenters. The van der Waals surface area contributed by atoms with Crippen molar-refractivity contribution in [1.29, 1.82) is 0 Å². The molecule has 3 unspecified atom stereocenters. The van der Waals surface area contributed by atoms with Gasteiger partial charge in [0.1, 0.15) is 6.04 Å². The number of likely N-dealkylation sites (tertiary alicyclic amines) is 1. The van der Waals surface area contributed by atoms with Crippen LogP contribution in [-0.2, 0) is 11.3 Å². The molecule has 0 bridgehead atoms. The maximum absolute atomic E-state index is 13.7. The molecule has 2 heterocycles. The molecule has 1 saturated heterocycles. The minimum absolute atomic E-state index is 0.00836. The fourth-order valence-corrected chi connectivity index (χ4v) is 6.99. The van der Waals surface area contributed by atoms with Crippen molar-refractivity contribution in [3.05, 3.63) is 57.8 Å². The number of hydrogen-bond donors (Lipinski definition) is 2. The van der Waals surface area contributed by atoms with Crippen molar-refractivity contribution in [2.75, 3.05) is 19.6 Å². The Morgan fingerprint density at radius 3 is 2.51 bits per heavy atom. The van der Waals surface area contributed by atoms with Gasteiger partial charge in [0.05, 0.1) is 4.88 Å². The summed E-state index contributed by atoms with van der Waals surface area (Å²) in [4.78, 5) is 32.3. The largest absolute Gasteiger partial charge is 0.354 e. The fourth-order valence-electron chi connectivity index (χ4n) is 6.31. The summed E-state index contributed by atoms with van der Waals surface area (Å²) in [5.74, 6) is 1.05. The predicted molar refractivity (Wildman–Crippen MR) is 149 cm³/mol. The Kier molecular flexibility index (Phi) is 8.63. The van der Waals surface area contributed by atoms with Gasteiger partial charge in [-0.3, -0.25) is 14.5 Å². The molecule has 7 heteroatoms. The minimum atomic E-state index is -0.429. The van der Waals surface area contributed by atoms with E-state index in [0.717, 1.165) is 32.4 Å². The molecule has 0 radical (unpaired) electrons. The third kappa shape index (κ3) is 6.62. The molecule has 5 rings (SSSR count). The molecule has 2 amide bonds. The first-order valence-corrected chi connectivity index (χ1v) is 15.0. The molecule has 3 fully saturated rings. The Morgan fingerprint density at radius 2 is 1.81 bits per heavy atom. The maximum atomic E-state index is 13.7. The normalized spacial score (nSPS) is 26.3. The van der Waals surface area contributed by atoms with E-state index in [0.29, 0.717) is 48.3 Å². The zero-order chi connectivity index (χ0) is 25.8. The molecule has 0 spiro atoms. The number of piperidine rings is 1. The lowest BCUT2D eigenvalue weighted by Crippen LogP contribution is -2.57. The van der Waals surface area contributed by atoms with E-state index >= 15 is 0 Å². The summed E-state index contributed by atoms with van der Waals surface area (Å²) < 4.78 is 0. The van der Waals surface area contributed by atoms with Crippen molar-refractivity contribution in [3.63, 3.8) is 0 Å². The summed E-state index contributed by atoms with van der Waals surface area (Å²) in [7, 11) is 0. The molecule has 3 N–H and O–H groups in total. The highest BCUT2D eigenvalue weighted by Crippen LogP contribution is 2.35. The first-order chi connectivity index (χ1) is 18.0. The molecule has 3 aliphatic rings. The second-order valence-electron chi connectivity index (χ2n) is 11.4. The molecule has 200 valence electrons. The lowest BCUT2D eigenvalue weighted by Gasteiger charge is -2.43. The van der Waals surface area contributed by atoms with Crippen LogP contribution >= 0.6 is 11.3 Å². The van der Waals surface area contributed by atoms with Crippen LogP contribution in [0.15, 0.2) is 41.8 Å². The van der Waals surface area contributed by atoms with E-state index in [1.807, 2.05) is 22.4 Å². The van der Waals surface area contributed by atoms with E-state index in [2.05, 4.69) is 41.4 Å². The Bertz CT molecular complexity index is 1040. The first kappa shape index (κ1) is 26.4. The summed E-state index contributed by atoms with van der Waals surface area (Å²) in [6, 6.07) is 13.1. The van der Waals surface area contributed by atoms with Gasteiger partial charge in [-0.2, -0.15) is 0 Å². The minimum Gasteiger partial charge on any atom is -0.354 e. The van der Waals surface area contributed by atoms with Gasteiger partial charge >= 0.3 is 0 Å². The second-order valence-corrected chi connectivity index (χ2v) is 12.4. The van der Waals surface area contributed by atoms with Crippen LogP contribution in [-0.4, -0.2) is 59.4 Å². The van der Waals surface area contributed by atoms with Gasteiger partial charge in [0, 0.05) is 31.7 Å². The average molecular weight is 523 g/mol. The van der Waals surface area contributed by atoms with Gasteiger partial charge in [-0.1, -0.05) is 42.3 Å². The Balaban J connectivity index is 1.29. The lowest BCUT2D eigenvalue weighted by atomic mass is 9.81. The highest BCUT2D eigenvalue weighted by atomic mass is 32.1. The number of nitrogens with zero attached hydrogens (tertiary/aromatic N) is 2. The van der Waals surface area contributed by atoms with Crippen molar-refractivity contribution in [2.24, 2.45) is 17.6 Å². The number of thiophene rings is 1. The van der Waals surface area contributed by atoms with Gasteiger partial charge in [0.15, 0.2) is 0 Å². The van der Waals surface area contributed by atoms with E-state index in [-0.39, 0.29) is 11.8 Å². The summed E-state index contributed by atoms with van der Waals surface area (Å²) >= 11 is 1.46. The number of amides is 2. The topological polar surface area (TPSA) is 78.7 Å². The second kappa shape index (κ2) is 12.1. The van der Waals surface area contributed by atoms with Crippen LogP contribution in [0, 0.1) is 18.8 Å². The van der Waals surface area contributed by atoms with Gasteiger partial charge in [-0.15, -0.1) is 11.3 Å². The molecular weight excluding hydrogens is 480 g/mol. The first-order valence-electron chi connectivity index (χ1n) is 14.2. The van der Waals surface area contributed by atoms with Crippen LogP contribution < -0.4 is 11.1 Å². The predicted octanol–water partition coefficient (Wildman–Crippen LogP) is 4.58. The molecule has 6 nitrogen and oxygen atoms in total. The van der Waals surface area contributed by atoms with E-state index in [1.54, 1.807) is 0 Å². The lowest BCUT2D eigenvalue weighted by molar-refractivity contribution is -0.128. The van der Waals surface area contributed by atoms with E-state index in [9.17, 15) is 9.59 Å². The van der Waals surface area contributed by atoms with Crippen molar-refractivity contribution in [2.45, 2.75) is 83.0 Å². The SMILES string of the molecule is Cc1ccc(CN(C2CC2)C2CCN(C(=O)c3cccs3)[C@@H](C(=O)NCC3CCCC(CN)C3)C2)cc1. The number of nitrogens with two attached hydrogens (primary N) is 1. The number of carbonyl (C=O) groups is 2. The Hall–Kier alpha value is -2.22. The van der Waals surface area contributed by atoms with Gasteiger partial charge in [-0.25, -0.2) is 0 Å². The Labute approximate surface area is 225 Å². The van der Waals surface area contributed by atoms with Crippen LogP contribution in [0.1, 0.15) is 72.2 Å². The fraction of sp³-hybridized carbons (Fsp3) is 0.600. The van der Waals surface area contributed by atoms with Crippen LogP contribution in [0.4, 0.5) is 0 Å². The van der Waals surface area contributed by atoms with E-state index in [1.165, 1.54) is 48.1 Å². The number of aryl methyl sites for hydroxylation is 1. The van der Waals surface area contributed by atoms with Gasteiger partial charge in [-0.05, 0) is 87.3 Å². The number of rotatable bonds is 9. The van der Waals surface area contributed by atoms with E-state index < -0.39 is 6.04 Å². The summed E-state index contributed by atoms with van der Waals surface area (Å²) in [5, 5.41) is 5.20. The van der Waals surface area contributed by atoms with Crippen molar-refractivity contribution in [1.82, 2.24) is 15.1 Å². The molecule has 37 heavy (non-hydrogen) atoms. The number of benzene rings is 1. The Morgan fingerprint density at radius 1 is 1.03 bits per heavy atom.